The molecule has 3 heteroatoms. The van der Waals surface area contributed by atoms with Crippen molar-refractivity contribution >= 4 is 5.69 Å². The van der Waals surface area contributed by atoms with Gasteiger partial charge >= 0.3 is 0 Å². The molecule has 0 fully saturated rings. The van der Waals surface area contributed by atoms with E-state index in [4.69, 9.17) is 11.1 Å². The molecule has 0 saturated carbocycles. The zero-order valence-electron chi connectivity index (χ0n) is 7.69. The first-order valence-corrected chi connectivity index (χ1v) is 4.22. The number of aryl methyl sites for hydroxylation is 1. The van der Waals surface area contributed by atoms with Crippen LogP contribution >= 0.6 is 0 Å². The van der Waals surface area contributed by atoms with Gasteiger partial charge in [0.15, 0.2) is 5.76 Å². The summed E-state index contributed by atoms with van der Waals surface area (Å²) in [7, 11) is 0. The molecule has 0 aliphatic carbocycles. The molecule has 0 atom stereocenters. The lowest BCUT2D eigenvalue weighted by Crippen LogP contribution is -1.72. The largest absolute Gasteiger partial charge is 0.369 e. The number of hydrogen-bond donors (Lipinski definition) is 0. The second kappa shape index (κ2) is 3.35. The third-order valence-corrected chi connectivity index (χ3v) is 1.98. The summed E-state index contributed by atoms with van der Waals surface area (Å²) in [4.78, 5) is 3.40. The van der Waals surface area contributed by atoms with Crippen LogP contribution in [0.25, 0.3) is 16.2 Å². The Morgan fingerprint density at radius 3 is 2.64 bits per heavy atom. The van der Waals surface area contributed by atoms with Crippen LogP contribution < -0.4 is 0 Å². The lowest BCUT2D eigenvalue weighted by Gasteiger charge is -1.94. The standard InChI is InChI=1S/C11H8N2O/c1-8-10(12-2)11(14-13-8)9-6-4-3-5-7-9/h3-7H,1H3. The van der Waals surface area contributed by atoms with Crippen molar-refractivity contribution in [3.05, 3.63) is 47.4 Å². The summed E-state index contributed by atoms with van der Waals surface area (Å²) in [5.41, 5.74) is 2.02. The predicted octanol–water partition coefficient (Wildman–Crippen LogP) is 3.20. The number of aromatic nitrogens is 1. The quantitative estimate of drug-likeness (QED) is 0.637. The van der Waals surface area contributed by atoms with Gasteiger partial charge in [0, 0.05) is 5.56 Å². The minimum atomic E-state index is 0.496. The average Bonchev–Trinajstić information content (AvgIpc) is 2.61. The average molecular weight is 184 g/mol. The van der Waals surface area contributed by atoms with Gasteiger partial charge in [-0.1, -0.05) is 35.5 Å². The van der Waals surface area contributed by atoms with Crippen LogP contribution in [0.3, 0.4) is 0 Å². The van der Waals surface area contributed by atoms with Crippen LogP contribution in [-0.4, -0.2) is 5.16 Å². The Kier molecular flexibility index (Phi) is 2.04. The maximum atomic E-state index is 7.02. The van der Waals surface area contributed by atoms with Crippen molar-refractivity contribution in [2.75, 3.05) is 0 Å². The molecule has 3 nitrogen and oxygen atoms in total. The van der Waals surface area contributed by atoms with Gasteiger partial charge in [-0.2, -0.15) is 0 Å². The second-order valence-electron chi connectivity index (χ2n) is 2.92. The molecule has 0 saturated heterocycles. The molecule has 0 radical (unpaired) electrons. The van der Waals surface area contributed by atoms with Gasteiger partial charge in [-0.05, 0) is 6.92 Å². The van der Waals surface area contributed by atoms with Crippen LogP contribution in [0.5, 0.6) is 0 Å². The van der Waals surface area contributed by atoms with Crippen molar-refractivity contribution in [2.45, 2.75) is 6.92 Å². The van der Waals surface area contributed by atoms with E-state index in [2.05, 4.69) is 10.0 Å². The molecule has 1 aromatic carbocycles. The summed E-state index contributed by atoms with van der Waals surface area (Å²) >= 11 is 0. The molecular formula is C11H8N2O. The topological polar surface area (TPSA) is 30.4 Å². The fourth-order valence-electron chi connectivity index (χ4n) is 1.28. The van der Waals surface area contributed by atoms with Crippen molar-refractivity contribution in [3.8, 4) is 11.3 Å². The molecule has 0 bridgehead atoms. The van der Waals surface area contributed by atoms with E-state index in [9.17, 15) is 0 Å². The molecule has 0 N–H and O–H groups in total. The second-order valence-corrected chi connectivity index (χ2v) is 2.92. The van der Waals surface area contributed by atoms with E-state index < -0.39 is 0 Å². The third kappa shape index (κ3) is 1.27. The SMILES string of the molecule is [C-]#[N+]c1c(C)noc1-c1ccccc1. The first-order valence-electron chi connectivity index (χ1n) is 4.22. The van der Waals surface area contributed by atoms with Crippen LogP contribution in [0.15, 0.2) is 34.9 Å². The van der Waals surface area contributed by atoms with Gasteiger partial charge in [-0.25, -0.2) is 4.85 Å². The summed E-state index contributed by atoms with van der Waals surface area (Å²) in [5, 5.41) is 3.78. The lowest BCUT2D eigenvalue weighted by molar-refractivity contribution is 0.427. The van der Waals surface area contributed by atoms with E-state index in [-0.39, 0.29) is 0 Å². The highest BCUT2D eigenvalue weighted by atomic mass is 16.5. The molecule has 0 aliphatic heterocycles. The van der Waals surface area contributed by atoms with Gasteiger partial charge in [0.25, 0.3) is 5.69 Å². The Bertz CT molecular complexity index is 480. The highest BCUT2D eigenvalue weighted by molar-refractivity contribution is 5.74. The van der Waals surface area contributed by atoms with Crippen LogP contribution in [-0.2, 0) is 0 Å². The first-order chi connectivity index (χ1) is 6.83. The zero-order chi connectivity index (χ0) is 9.97. The van der Waals surface area contributed by atoms with Gasteiger partial charge in [0.05, 0.1) is 12.3 Å². The van der Waals surface area contributed by atoms with Crippen molar-refractivity contribution in [1.82, 2.24) is 5.16 Å². The maximum Gasteiger partial charge on any atom is 0.256 e. The van der Waals surface area contributed by atoms with Crippen LogP contribution in [0.1, 0.15) is 5.69 Å². The number of rotatable bonds is 1. The summed E-state index contributed by atoms with van der Waals surface area (Å²) in [6, 6.07) is 9.52. The van der Waals surface area contributed by atoms with Crippen LogP contribution in [0.4, 0.5) is 5.69 Å². The fraction of sp³-hybridized carbons (Fsp3) is 0.0909. The van der Waals surface area contributed by atoms with Gasteiger partial charge in [0.1, 0.15) is 0 Å². The van der Waals surface area contributed by atoms with Crippen LogP contribution in [0, 0.1) is 13.5 Å². The maximum absolute atomic E-state index is 7.02. The van der Waals surface area contributed by atoms with Crippen molar-refractivity contribution in [2.24, 2.45) is 0 Å². The van der Waals surface area contributed by atoms with Crippen molar-refractivity contribution < 1.29 is 4.52 Å². The summed E-state index contributed by atoms with van der Waals surface area (Å²) in [6.45, 7) is 8.78. The molecule has 0 spiro atoms. The summed E-state index contributed by atoms with van der Waals surface area (Å²) in [5.74, 6) is 0.554. The smallest absolute Gasteiger partial charge is 0.256 e. The van der Waals surface area contributed by atoms with E-state index in [1.165, 1.54) is 0 Å². The van der Waals surface area contributed by atoms with Crippen LogP contribution in [0.2, 0.25) is 0 Å². The fourth-order valence-corrected chi connectivity index (χ4v) is 1.28. The lowest BCUT2D eigenvalue weighted by atomic mass is 10.1. The minimum absolute atomic E-state index is 0.496. The molecule has 0 amide bonds. The highest BCUT2D eigenvalue weighted by Crippen LogP contribution is 2.32. The Morgan fingerprint density at radius 2 is 2.00 bits per heavy atom. The van der Waals surface area contributed by atoms with E-state index >= 15 is 0 Å². The molecule has 1 heterocycles. The van der Waals surface area contributed by atoms with Gasteiger partial charge in [-0.15, -0.1) is 0 Å². The predicted molar refractivity (Wildman–Crippen MR) is 52.9 cm³/mol. The number of benzene rings is 1. The molecule has 14 heavy (non-hydrogen) atoms. The molecular weight excluding hydrogens is 176 g/mol. The minimum Gasteiger partial charge on any atom is -0.369 e. The van der Waals surface area contributed by atoms with Crippen molar-refractivity contribution in [3.63, 3.8) is 0 Å². The summed E-state index contributed by atoms with van der Waals surface area (Å²) < 4.78 is 5.11. The number of nitrogens with zero attached hydrogens (tertiary/aromatic N) is 2. The van der Waals surface area contributed by atoms with Gasteiger partial charge in [-0.3, -0.25) is 0 Å². The Balaban J connectivity index is 2.59. The molecule has 68 valence electrons. The normalized spacial score (nSPS) is 9.71. The zero-order valence-corrected chi connectivity index (χ0v) is 7.69. The Labute approximate surface area is 81.8 Å². The third-order valence-electron chi connectivity index (χ3n) is 1.98. The van der Waals surface area contributed by atoms with Gasteiger partial charge in [0.2, 0.25) is 0 Å². The molecule has 0 unspecified atom stereocenters. The Morgan fingerprint density at radius 1 is 1.29 bits per heavy atom. The van der Waals surface area contributed by atoms with E-state index in [0.717, 1.165) is 5.56 Å². The van der Waals surface area contributed by atoms with Gasteiger partial charge < -0.3 is 4.52 Å². The van der Waals surface area contributed by atoms with E-state index in [1.807, 2.05) is 30.3 Å². The number of hydrogen-bond acceptors (Lipinski definition) is 2. The Hall–Kier alpha value is -2.08. The highest BCUT2D eigenvalue weighted by Gasteiger charge is 2.13. The monoisotopic (exact) mass is 184 g/mol. The van der Waals surface area contributed by atoms with E-state index in [0.29, 0.717) is 17.1 Å². The first kappa shape index (κ1) is 8.52. The van der Waals surface area contributed by atoms with E-state index in [1.54, 1.807) is 6.92 Å². The molecule has 1 aromatic heterocycles. The summed E-state index contributed by atoms with van der Waals surface area (Å²) in [6.07, 6.45) is 0. The molecule has 0 aliphatic rings. The van der Waals surface area contributed by atoms with Crippen molar-refractivity contribution in [1.29, 1.82) is 0 Å². The molecule has 2 rings (SSSR count). The molecule has 2 aromatic rings.